The minimum absolute atomic E-state index is 0.232. The smallest absolute Gasteiger partial charge is 0.330 e. The Bertz CT molecular complexity index is 684. The molecule has 3 heterocycles. The summed E-state index contributed by atoms with van der Waals surface area (Å²) in [5.41, 5.74) is 2.52. The highest BCUT2D eigenvalue weighted by atomic mass is 16.1. The van der Waals surface area contributed by atoms with Crippen molar-refractivity contribution in [2.24, 2.45) is 0 Å². The number of rotatable bonds is 3. The molecule has 1 atom stereocenters. The largest absolute Gasteiger partial charge is 0.340 e. The van der Waals surface area contributed by atoms with Gasteiger partial charge in [-0.15, -0.1) is 0 Å². The number of aromatic amines is 2. The van der Waals surface area contributed by atoms with Gasteiger partial charge in [-0.3, -0.25) is 9.88 Å². The number of imidazole rings is 1. The lowest BCUT2D eigenvalue weighted by Crippen LogP contribution is -2.23. The summed E-state index contributed by atoms with van der Waals surface area (Å²) in [6, 6.07) is 0.505. The number of likely N-dealkylation sites (tertiary alicyclic amines) is 1. The van der Waals surface area contributed by atoms with Crippen molar-refractivity contribution in [2.45, 2.75) is 44.7 Å². The van der Waals surface area contributed by atoms with Crippen LogP contribution in [0.15, 0.2) is 11.1 Å². The van der Waals surface area contributed by atoms with Crippen molar-refractivity contribution in [3.63, 3.8) is 0 Å². The Morgan fingerprint density at radius 1 is 1.33 bits per heavy atom. The van der Waals surface area contributed by atoms with E-state index in [0.717, 1.165) is 25.9 Å². The SMILES string of the molecule is O=c1[nH]nc(CN2CC[C@@H](n3cnc4c3CCCC4)C2)[nH]1. The predicted octanol–water partition coefficient (Wildman–Crippen LogP) is 0.620. The normalized spacial score (nSPS) is 22.6. The first-order valence-corrected chi connectivity index (χ1v) is 7.70. The molecule has 4 rings (SSSR count). The van der Waals surface area contributed by atoms with E-state index in [9.17, 15) is 4.79 Å². The zero-order valence-electron chi connectivity index (χ0n) is 12.0. The molecule has 7 heteroatoms. The lowest BCUT2D eigenvalue weighted by Gasteiger charge is -2.19. The van der Waals surface area contributed by atoms with E-state index in [1.807, 2.05) is 6.33 Å². The quantitative estimate of drug-likeness (QED) is 0.867. The predicted molar refractivity (Wildman–Crippen MR) is 77.0 cm³/mol. The lowest BCUT2D eigenvalue weighted by molar-refractivity contribution is 0.307. The molecule has 1 saturated heterocycles. The van der Waals surface area contributed by atoms with Gasteiger partial charge in [-0.25, -0.2) is 14.9 Å². The fraction of sp³-hybridized carbons (Fsp3) is 0.643. The van der Waals surface area contributed by atoms with Crippen LogP contribution in [0, 0.1) is 0 Å². The van der Waals surface area contributed by atoms with Crippen molar-refractivity contribution < 1.29 is 0 Å². The van der Waals surface area contributed by atoms with E-state index >= 15 is 0 Å². The standard InChI is InChI=1S/C14H20N6O/c21-14-16-13(17-18-14)8-19-6-5-10(7-19)20-9-15-11-3-1-2-4-12(11)20/h9-10H,1-8H2,(H2,16,17,18,21)/t10-/m1/s1. The van der Waals surface area contributed by atoms with Crippen molar-refractivity contribution in [3.05, 3.63) is 34.0 Å². The second-order valence-corrected chi connectivity index (χ2v) is 6.05. The number of hydrogen-bond acceptors (Lipinski definition) is 4. The summed E-state index contributed by atoms with van der Waals surface area (Å²) < 4.78 is 2.39. The highest BCUT2D eigenvalue weighted by molar-refractivity contribution is 5.17. The van der Waals surface area contributed by atoms with Gasteiger partial charge in [-0.05, 0) is 32.1 Å². The van der Waals surface area contributed by atoms with Gasteiger partial charge in [-0.1, -0.05) is 0 Å². The summed E-state index contributed by atoms with van der Waals surface area (Å²) in [4.78, 5) is 20.7. The number of nitrogens with one attached hydrogen (secondary N) is 2. The Morgan fingerprint density at radius 2 is 2.24 bits per heavy atom. The van der Waals surface area contributed by atoms with Crippen LogP contribution in [0.3, 0.4) is 0 Å². The van der Waals surface area contributed by atoms with Crippen molar-refractivity contribution >= 4 is 0 Å². The molecule has 7 nitrogen and oxygen atoms in total. The van der Waals surface area contributed by atoms with Gasteiger partial charge in [0.2, 0.25) is 0 Å². The molecule has 0 radical (unpaired) electrons. The lowest BCUT2D eigenvalue weighted by atomic mass is 10.0. The first kappa shape index (κ1) is 12.8. The van der Waals surface area contributed by atoms with Crippen molar-refractivity contribution in [2.75, 3.05) is 13.1 Å². The fourth-order valence-electron chi connectivity index (χ4n) is 3.58. The number of nitrogens with zero attached hydrogens (tertiary/aromatic N) is 4. The molecule has 21 heavy (non-hydrogen) atoms. The molecule has 1 fully saturated rings. The van der Waals surface area contributed by atoms with Crippen LogP contribution in [0.25, 0.3) is 0 Å². The molecule has 2 aromatic heterocycles. The first-order valence-electron chi connectivity index (χ1n) is 7.70. The molecule has 0 saturated carbocycles. The Hall–Kier alpha value is -1.89. The van der Waals surface area contributed by atoms with Crippen LogP contribution in [-0.4, -0.2) is 42.7 Å². The third-order valence-electron chi connectivity index (χ3n) is 4.62. The van der Waals surface area contributed by atoms with Gasteiger partial charge in [0, 0.05) is 24.8 Å². The molecule has 0 amide bonds. The van der Waals surface area contributed by atoms with E-state index in [1.165, 1.54) is 30.7 Å². The van der Waals surface area contributed by atoms with E-state index in [2.05, 4.69) is 29.6 Å². The Labute approximate surface area is 122 Å². The maximum atomic E-state index is 11.1. The fourth-order valence-corrected chi connectivity index (χ4v) is 3.58. The molecule has 0 aromatic carbocycles. The summed E-state index contributed by atoms with van der Waals surface area (Å²) >= 11 is 0. The number of fused-ring (bicyclic) bond motifs is 1. The molecule has 0 bridgehead atoms. The third kappa shape index (κ3) is 2.42. The molecule has 2 aliphatic rings. The van der Waals surface area contributed by atoms with Crippen LogP contribution >= 0.6 is 0 Å². The van der Waals surface area contributed by atoms with E-state index in [4.69, 9.17) is 0 Å². The van der Waals surface area contributed by atoms with E-state index < -0.39 is 0 Å². The Kier molecular flexibility index (Phi) is 3.14. The van der Waals surface area contributed by atoms with E-state index in [0.29, 0.717) is 18.4 Å². The minimum atomic E-state index is -0.232. The molecule has 1 aliphatic carbocycles. The van der Waals surface area contributed by atoms with Gasteiger partial charge in [0.25, 0.3) is 0 Å². The summed E-state index contributed by atoms with van der Waals surface area (Å²) in [7, 11) is 0. The van der Waals surface area contributed by atoms with Crippen molar-refractivity contribution in [3.8, 4) is 0 Å². The first-order chi connectivity index (χ1) is 10.3. The Balaban J connectivity index is 1.46. The van der Waals surface area contributed by atoms with Gasteiger partial charge < -0.3 is 4.57 Å². The topological polar surface area (TPSA) is 82.6 Å². The molecular weight excluding hydrogens is 268 g/mol. The molecular formula is C14H20N6O. The highest BCUT2D eigenvalue weighted by Gasteiger charge is 2.27. The Morgan fingerprint density at radius 3 is 3.10 bits per heavy atom. The summed E-state index contributed by atoms with van der Waals surface area (Å²) in [5.74, 6) is 0.716. The molecule has 1 aliphatic heterocycles. The van der Waals surface area contributed by atoms with Crippen molar-refractivity contribution in [1.82, 2.24) is 29.6 Å². The number of aryl methyl sites for hydroxylation is 1. The van der Waals surface area contributed by atoms with Crippen LogP contribution in [0.4, 0.5) is 0 Å². The summed E-state index contributed by atoms with van der Waals surface area (Å²) in [6.07, 6.45) is 8.01. The van der Waals surface area contributed by atoms with E-state index in [-0.39, 0.29) is 5.69 Å². The van der Waals surface area contributed by atoms with Gasteiger partial charge in [0.05, 0.1) is 18.6 Å². The molecule has 2 aromatic rings. The molecule has 0 spiro atoms. The van der Waals surface area contributed by atoms with Gasteiger partial charge in [0.1, 0.15) is 5.82 Å². The molecule has 0 unspecified atom stereocenters. The summed E-state index contributed by atoms with van der Waals surface area (Å²) in [5, 5.41) is 6.40. The second-order valence-electron chi connectivity index (χ2n) is 6.05. The average Bonchev–Trinajstić information content (AvgIpc) is 3.19. The highest BCUT2D eigenvalue weighted by Crippen LogP contribution is 2.28. The molecule has 2 N–H and O–H groups in total. The van der Waals surface area contributed by atoms with Crippen LogP contribution in [0.2, 0.25) is 0 Å². The van der Waals surface area contributed by atoms with Gasteiger partial charge in [-0.2, -0.15) is 5.10 Å². The zero-order valence-corrected chi connectivity index (χ0v) is 12.0. The zero-order chi connectivity index (χ0) is 14.2. The number of H-pyrrole nitrogens is 2. The monoisotopic (exact) mass is 288 g/mol. The van der Waals surface area contributed by atoms with Crippen LogP contribution in [0.5, 0.6) is 0 Å². The summed E-state index contributed by atoms with van der Waals surface area (Å²) in [6.45, 7) is 2.73. The second kappa shape index (κ2) is 5.14. The number of hydrogen-bond donors (Lipinski definition) is 2. The minimum Gasteiger partial charge on any atom is -0.330 e. The van der Waals surface area contributed by atoms with Crippen LogP contribution in [-0.2, 0) is 19.4 Å². The van der Waals surface area contributed by atoms with Crippen LogP contribution < -0.4 is 5.69 Å². The van der Waals surface area contributed by atoms with Crippen molar-refractivity contribution in [1.29, 1.82) is 0 Å². The number of aromatic nitrogens is 5. The van der Waals surface area contributed by atoms with Crippen LogP contribution in [0.1, 0.15) is 42.5 Å². The van der Waals surface area contributed by atoms with E-state index in [1.54, 1.807) is 0 Å². The van der Waals surface area contributed by atoms with Gasteiger partial charge in [0.15, 0.2) is 0 Å². The molecule has 112 valence electrons. The van der Waals surface area contributed by atoms with Gasteiger partial charge >= 0.3 is 5.69 Å². The maximum absolute atomic E-state index is 11.1. The maximum Gasteiger partial charge on any atom is 0.340 e. The average molecular weight is 288 g/mol. The third-order valence-corrected chi connectivity index (χ3v) is 4.62.